The van der Waals surface area contributed by atoms with Gasteiger partial charge in [-0.2, -0.15) is 0 Å². The molecule has 0 atom stereocenters. The minimum atomic E-state index is -5.01. The number of aryl methyl sites for hydroxylation is 1. The summed E-state index contributed by atoms with van der Waals surface area (Å²) < 4.78 is 70.0. The molecule has 0 aliphatic heterocycles. The highest BCUT2D eigenvalue weighted by Crippen LogP contribution is 2.29. The number of para-hydroxylation sites is 1. The Kier molecular flexibility index (Phi) is 6.22. The van der Waals surface area contributed by atoms with Crippen LogP contribution in [0.15, 0.2) is 53.9 Å². The zero-order valence-electron chi connectivity index (χ0n) is 15.6. The molecule has 3 rings (SSSR count). The highest BCUT2D eigenvalue weighted by molar-refractivity contribution is 7.89. The molecule has 160 valence electrons. The molecule has 0 fully saturated rings. The standard InChI is InChI=1S/C17H17F3N6O3S/c1-12-21-8-9-26(12)16-10-15(23-11-24-16)22-6-7-25-30(27,28)14-5-3-2-4-13(14)29-17(18,19)20/h2-5,8-11,25H,6-7H2,1H3,(H,22,23,24). The lowest BCUT2D eigenvalue weighted by Gasteiger charge is -2.14. The normalized spacial score (nSPS) is 12.0. The first-order valence-corrected chi connectivity index (χ1v) is 10.0. The summed E-state index contributed by atoms with van der Waals surface area (Å²) >= 11 is 0. The van der Waals surface area contributed by atoms with Crippen LogP contribution < -0.4 is 14.8 Å². The lowest BCUT2D eigenvalue weighted by molar-refractivity contribution is -0.275. The van der Waals surface area contributed by atoms with E-state index in [0.29, 0.717) is 11.6 Å². The van der Waals surface area contributed by atoms with Crippen LogP contribution in [-0.4, -0.2) is 47.4 Å². The number of hydrogen-bond donors (Lipinski definition) is 2. The van der Waals surface area contributed by atoms with Crippen LogP contribution in [0.4, 0.5) is 19.0 Å². The van der Waals surface area contributed by atoms with E-state index in [2.05, 4.69) is 29.7 Å². The first-order chi connectivity index (χ1) is 14.2. The van der Waals surface area contributed by atoms with Gasteiger partial charge in [-0.3, -0.25) is 4.57 Å². The number of rotatable bonds is 8. The van der Waals surface area contributed by atoms with Crippen LogP contribution in [0.2, 0.25) is 0 Å². The second kappa shape index (κ2) is 8.67. The quantitative estimate of drug-likeness (QED) is 0.515. The predicted octanol–water partition coefficient (Wildman–Crippen LogP) is 2.26. The van der Waals surface area contributed by atoms with Crippen molar-refractivity contribution in [1.82, 2.24) is 24.2 Å². The van der Waals surface area contributed by atoms with Gasteiger partial charge in [-0.1, -0.05) is 12.1 Å². The van der Waals surface area contributed by atoms with Crippen LogP contribution in [0.5, 0.6) is 5.75 Å². The summed E-state index contributed by atoms with van der Waals surface area (Å²) in [6.07, 6.45) is -0.312. The van der Waals surface area contributed by atoms with Crippen molar-refractivity contribution >= 4 is 15.8 Å². The molecule has 0 spiro atoms. The van der Waals surface area contributed by atoms with Crippen molar-refractivity contribution in [3.8, 4) is 11.6 Å². The number of ether oxygens (including phenoxy) is 1. The van der Waals surface area contributed by atoms with Crippen molar-refractivity contribution < 1.29 is 26.3 Å². The van der Waals surface area contributed by atoms with Crippen molar-refractivity contribution in [2.75, 3.05) is 18.4 Å². The van der Waals surface area contributed by atoms with Crippen LogP contribution in [0.3, 0.4) is 0 Å². The van der Waals surface area contributed by atoms with Crippen LogP contribution in [0, 0.1) is 6.92 Å². The Morgan fingerprint density at radius 2 is 1.90 bits per heavy atom. The molecule has 0 radical (unpaired) electrons. The summed E-state index contributed by atoms with van der Waals surface area (Å²) in [5.74, 6) is 0.933. The van der Waals surface area contributed by atoms with Crippen LogP contribution in [0.1, 0.15) is 5.82 Å². The summed E-state index contributed by atoms with van der Waals surface area (Å²) in [7, 11) is -4.23. The van der Waals surface area contributed by atoms with Crippen LogP contribution in [-0.2, 0) is 10.0 Å². The van der Waals surface area contributed by atoms with Crippen molar-refractivity contribution in [1.29, 1.82) is 0 Å². The zero-order chi connectivity index (χ0) is 21.8. The molecule has 0 saturated carbocycles. The molecule has 0 amide bonds. The van der Waals surface area contributed by atoms with E-state index >= 15 is 0 Å². The molecule has 2 N–H and O–H groups in total. The van der Waals surface area contributed by atoms with Crippen LogP contribution in [0.25, 0.3) is 5.82 Å². The van der Waals surface area contributed by atoms with Gasteiger partial charge in [0, 0.05) is 31.5 Å². The Hall–Kier alpha value is -3.19. The van der Waals surface area contributed by atoms with Gasteiger partial charge >= 0.3 is 6.36 Å². The smallest absolute Gasteiger partial charge is 0.404 e. The number of benzene rings is 1. The number of nitrogens with one attached hydrogen (secondary N) is 2. The SMILES string of the molecule is Cc1nccn1-c1cc(NCCNS(=O)(=O)c2ccccc2OC(F)(F)F)ncn1. The monoisotopic (exact) mass is 442 g/mol. The minimum Gasteiger partial charge on any atom is -0.404 e. The maximum absolute atomic E-state index is 12.5. The van der Waals surface area contributed by atoms with Crippen molar-refractivity contribution in [2.45, 2.75) is 18.2 Å². The number of hydrogen-bond acceptors (Lipinski definition) is 7. The van der Waals surface area contributed by atoms with Gasteiger partial charge in [0.05, 0.1) is 0 Å². The maximum Gasteiger partial charge on any atom is 0.573 e. The van der Waals surface area contributed by atoms with Gasteiger partial charge in [0.1, 0.15) is 34.4 Å². The van der Waals surface area contributed by atoms with Gasteiger partial charge in [0.2, 0.25) is 10.0 Å². The second-order valence-corrected chi connectivity index (χ2v) is 7.66. The molecule has 2 heterocycles. The predicted molar refractivity (Wildman–Crippen MR) is 101 cm³/mol. The van der Waals surface area contributed by atoms with Gasteiger partial charge in [0.15, 0.2) is 0 Å². The van der Waals surface area contributed by atoms with Gasteiger partial charge in [-0.15, -0.1) is 13.2 Å². The molecule has 13 heteroatoms. The van der Waals surface area contributed by atoms with Crippen molar-refractivity contribution in [3.05, 3.63) is 54.9 Å². The largest absolute Gasteiger partial charge is 0.573 e. The fraction of sp³-hybridized carbons (Fsp3) is 0.235. The van der Waals surface area contributed by atoms with Gasteiger partial charge < -0.3 is 10.1 Å². The first kappa shape index (κ1) is 21.5. The molecular formula is C17H17F3N6O3S. The molecule has 1 aromatic carbocycles. The molecule has 0 aliphatic carbocycles. The van der Waals surface area contributed by atoms with E-state index in [0.717, 1.165) is 18.0 Å². The molecule has 9 nitrogen and oxygen atoms in total. The third kappa shape index (κ3) is 5.45. The van der Waals surface area contributed by atoms with E-state index in [1.807, 2.05) is 6.92 Å². The molecule has 0 aliphatic rings. The third-order valence-corrected chi connectivity index (χ3v) is 5.31. The minimum absolute atomic E-state index is 0.105. The summed E-state index contributed by atoms with van der Waals surface area (Å²) in [6.45, 7) is 1.83. The molecule has 0 bridgehead atoms. The molecular weight excluding hydrogens is 425 g/mol. The first-order valence-electron chi connectivity index (χ1n) is 8.56. The van der Waals surface area contributed by atoms with Gasteiger partial charge in [-0.25, -0.2) is 28.1 Å². The average molecular weight is 442 g/mol. The van der Waals surface area contributed by atoms with E-state index in [4.69, 9.17) is 0 Å². The molecule has 0 saturated heterocycles. The number of nitrogens with zero attached hydrogens (tertiary/aromatic N) is 4. The molecule has 30 heavy (non-hydrogen) atoms. The van der Waals surface area contributed by atoms with Crippen molar-refractivity contribution in [3.63, 3.8) is 0 Å². The Bertz CT molecular complexity index is 1120. The molecule has 0 unspecified atom stereocenters. The van der Waals surface area contributed by atoms with Gasteiger partial charge in [-0.05, 0) is 19.1 Å². The van der Waals surface area contributed by atoms with Crippen molar-refractivity contribution in [2.24, 2.45) is 0 Å². The fourth-order valence-corrected chi connectivity index (χ4v) is 3.69. The second-order valence-electron chi connectivity index (χ2n) is 5.92. The average Bonchev–Trinajstić information content (AvgIpc) is 3.10. The topological polar surface area (TPSA) is 111 Å². The number of imidazole rings is 1. The zero-order valence-corrected chi connectivity index (χ0v) is 16.4. The van der Waals surface area contributed by atoms with E-state index < -0.39 is 27.0 Å². The Morgan fingerprint density at radius 3 is 2.60 bits per heavy atom. The van der Waals surface area contributed by atoms with E-state index in [1.54, 1.807) is 23.0 Å². The third-order valence-electron chi connectivity index (χ3n) is 3.81. The number of anilines is 1. The highest BCUT2D eigenvalue weighted by Gasteiger charge is 2.33. The number of alkyl halides is 3. The summed E-state index contributed by atoms with van der Waals surface area (Å²) in [5, 5.41) is 2.92. The number of sulfonamides is 1. The van der Waals surface area contributed by atoms with E-state index in [-0.39, 0.29) is 13.1 Å². The van der Waals surface area contributed by atoms with Gasteiger partial charge in [0.25, 0.3) is 0 Å². The maximum atomic E-state index is 12.5. The fourth-order valence-electron chi connectivity index (χ4n) is 2.53. The van der Waals surface area contributed by atoms with Crippen LogP contribution >= 0.6 is 0 Å². The molecule has 3 aromatic rings. The number of aromatic nitrogens is 4. The molecule has 2 aromatic heterocycles. The van der Waals surface area contributed by atoms with E-state index in [9.17, 15) is 21.6 Å². The lowest BCUT2D eigenvalue weighted by Crippen LogP contribution is -2.30. The summed E-state index contributed by atoms with van der Waals surface area (Å²) in [5.41, 5.74) is 0. The highest BCUT2D eigenvalue weighted by atomic mass is 32.2. The summed E-state index contributed by atoms with van der Waals surface area (Å²) in [6, 6.07) is 6.16. The Morgan fingerprint density at radius 1 is 1.13 bits per heavy atom. The number of halogens is 3. The summed E-state index contributed by atoms with van der Waals surface area (Å²) in [4.78, 5) is 11.7. The Labute approximate surface area is 170 Å². The van der Waals surface area contributed by atoms with E-state index in [1.165, 1.54) is 18.5 Å². The Balaban J connectivity index is 1.62. The lowest BCUT2D eigenvalue weighted by atomic mass is 10.3.